The number of aryl methyl sites for hydroxylation is 1. The first-order chi connectivity index (χ1) is 18.7. The van der Waals surface area contributed by atoms with Crippen molar-refractivity contribution in [1.29, 1.82) is 0 Å². The van der Waals surface area contributed by atoms with Gasteiger partial charge < -0.3 is 20.1 Å². The second kappa shape index (κ2) is 12.9. The van der Waals surface area contributed by atoms with Gasteiger partial charge in [-0.3, -0.25) is 10.1 Å². The third kappa shape index (κ3) is 7.64. The van der Waals surface area contributed by atoms with Crippen LogP contribution in [0.3, 0.4) is 0 Å². The van der Waals surface area contributed by atoms with Crippen molar-refractivity contribution in [3.05, 3.63) is 71.7 Å². The minimum absolute atomic E-state index is 0.103. The molecular formula is C27H28F5N5O2. The standard InChI is InChI=1S/C27H28F5N5O2/c1-17-20(19-4-7-33-8-5-19)14-24(21-16-36-37-25(17)21)35-9-11-38-10-3-2-6-34-15-18-12-22(28)26(23(29)13-18)39-27(30,31)32/h4-5,7-8,12-14,16,34-35H,2-3,6,9-11,15H2,1H3,(H,36,37). The van der Waals surface area contributed by atoms with E-state index in [4.69, 9.17) is 4.74 Å². The zero-order chi connectivity index (χ0) is 27.8. The first-order valence-electron chi connectivity index (χ1n) is 12.4. The molecule has 0 aliphatic carbocycles. The number of rotatable bonds is 13. The van der Waals surface area contributed by atoms with Crippen LogP contribution in [-0.2, 0) is 11.3 Å². The maximum Gasteiger partial charge on any atom is 0.573 e. The van der Waals surface area contributed by atoms with Crippen molar-refractivity contribution >= 4 is 16.6 Å². The quantitative estimate of drug-likeness (QED) is 0.138. The van der Waals surface area contributed by atoms with Crippen LogP contribution in [0.2, 0.25) is 0 Å². The van der Waals surface area contributed by atoms with E-state index in [-0.39, 0.29) is 12.1 Å². The number of pyridine rings is 1. The van der Waals surface area contributed by atoms with Crippen molar-refractivity contribution in [2.24, 2.45) is 0 Å². The molecule has 0 saturated carbocycles. The maximum absolute atomic E-state index is 13.8. The van der Waals surface area contributed by atoms with Crippen molar-refractivity contribution in [2.75, 3.05) is 31.6 Å². The van der Waals surface area contributed by atoms with Crippen LogP contribution in [0.15, 0.2) is 48.9 Å². The number of halogens is 5. The highest BCUT2D eigenvalue weighted by atomic mass is 19.4. The highest BCUT2D eigenvalue weighted by Crippen LogP contribution is 2.34. The molecule has 2 aromatic heterocycles. The third-order valence-electron chi connectivity index (χ3n) is 6.05. The van der Waals surface area contributed by atoms with Crippen molar-refractivity contribution < 1.29 is 31.4 Å². The first kappa shape index (κ1) is 28.2. The van der Waals surface area contributed by atoms with Crippen LogP contribution >= 0.6 is 0 Å². The van der Waals surface area contributed by atoms with Crippen LogP contribution in [0, 0.1) is 18.6 Å². The molecule has 2 heterocycles. The van der Waals surface area contributed by atoms with E-state index < -0.39 is 23.7 Å². The van der Waals surface area contributed by atoms with Crippen LogP contribution in [0.4, 0.5) is 27.6 Å². The third-order valence-corrected chi connectivity index (χ3v) is 6.05. The van der Waals surface area contributed by atoms with Gasteiger partial charge >= 0.3 is 6.36 Å². The fourth-order valence-corrected chi connectivity index (χ4v) is 4.19. The van der Waals surface area contributed by atoms with E-state index in [0.717, 1.165) is 58.3 Å². The number of anilines is 1. The Hall–Kier alpha value is -3.77. The number of H-pyrrole nitrogens is 1. The Morgan fingerprint density at radius 3 is 2.44 bits per heavy atom. The Morgan fingerprint density at radius 1 is 0.974 bits per heavy atom. The number of hydrogen-bond donors (Lipinski definition) is 3. The molecular weight excluding hydrogens is 521 g/mol. The maximum atomic E-state index is 13.8. The number of fused-ring (bicyclic) bond motifs is 1. The van der Waals surface area contributed by atoms with Gasteiger partial charge in [0.1, 0.15) is 0 Å². The van der Waals surface area contributed by atoms with E-state index in [1.807, 2.05) is 12.1 Å². The predicted octanol–water partition coefficient (Wildman–Crippen LogP) is 6.11. The zero-order valence-electron chi connectivity index (χ0n) is 21.2. The summed E-state index contributed by atoms with van der Waals surface area (Å²) in [5, 5.41) is 14.7. The molecule has 4 rings (SSSR count). The molecule has 39 heavy (non-hydrogen) atoms. The molecule has 2 aromatic carbocycles. The Balaban J connectivity index is 1.15. The molecule has 0 spiro atoms. The van der Waals surface area contributed by atoms with Gasteiger partial charge in [-0.05, 0) is 78.9 Å². The summed E-state index contributed by atoms with van der Waals surface area (Å²) in [6.07, 6.45) is 1.65. The first-order valence-corrected chi connectivity index (χ1v) is 12.4. The molecule has 0 atom stereocenters. The Bertz CT molecular complexity index is 1360. The van der Waals surface area contributed by atoms with Crippen LogP contribution in [0.5, 0.6) is 5.75 Å². The summed E-state index contributed by atoms with van der Waals surface area (Å²) in [6.45, 7) is 4.33. The summed E-state index contributed by atoms with van der Waals surface area (Å²) in [5.74, 6) is -4.26. The van der Waals surface area contributed by atoms with Crippen LogP contribution in [-0.4, -0.2) is 47.8 Å². The summed E-state index contributed by atoms with van der Waals surface area (Å²) in [4.78, 5) is 4.09. The highest BCUT2D eigenvalue weighted by molar-refractivity contribution is 5.98. The minimum atomic E-state index is -5.17. The number of alkyl halides is 3. The molecule has 0 fully saturated rings. The van der Waals surface area contributed by atoms with E-state index in [0.29, 0.717) is 26.3 Å². The lowest BCUT2D eigenvalue weighted by Crippen LogP contribution is -2.20. The smallest absolute Gasteiger partial charge is 0.399 e. The van der Waals surface area contributed by atoms with Crippen LogP contribution in [0.1, 0.15) is 24.0 Å². The summed E-state index contributed by atoms with van der Waals surface area (Å²) < 4.78 is 73.4. The average Bonchev–Trinajstić information content (AvgIpc) is 3.39. The van der Waals surface area contributed by atoms with Crippen LogP contribution in [0.25, 0.3) is 22.0 Å². The summed E-state index contributed by atoms with van der Waals surface area (Å²) >= 11 is 0. The Labute approximate surface area is 221 Å². The number of nitrogens with one attached hydrogen (secondary N) is 3. The lowest BCUT2D eigenvalue weighted by molar-refractivity contribution is -0.276. The van der Waals surface area contributed by atoms with Gasteiger partial charge in [-0.2, -0.15) is 5.10 Å². The summed E-state index contributed by atoms with van der Waals surface area (Å²) in [7, 11) is 0. The van der Waals surface area contributed by atoms with Gasteiger partial charge in [-0.25, -0.2) is 8.78 Å². The van der Waals surface area contributed by atoms with E-state index in [1.54, 1.807) is 18.6 Å². The number of benzene rings is 2. The average molecular weight is 550 g/mol. The Morgan fingerprint density at radius 2 is 1.72 bits per heavy atom. The van der Waals surface area contributed by atoms with Crippen molar-refractivity contribution in [1.82, 2.24) is 20.5 Å². The van der Waals surface area contributed by atoms with E-state index in [2.05, 4.69) is 43.5 Å². The second-order valence-electron chi connectivity index (χ2n) is 8.85. The molecule has 0 saturated heterocycles. The Kier molecular flexibility index (Phi) is 9.31. The fourth-order valence-electron chi connectivity index (χ4n) is 4.19. The minimum Gasteiger partial charge on any atom is -0.399 e. The van der Waals surface area contributed by atoms with Crippen molar-refractivity contribution in [2.45, 2.75) is 32.7 Å². The predicted molar refractivity (Wildman–Crippen MR) is 137 cm³/mol. The lowest BCUT2D eigenvalue weighted by Gasteiger charge is -2.14. The van der Waals surface area contributed by atoms with Crippen LogP contribution < -0.4 is 15.4 Å². The normalized spacial score (nSPS) is 11.7. The number of aromatic nitrogens is 3. The number of hydrogen-bond acceptors (Lipinski definition) is 6. The molecule has 0 bridgehead atoms. The molecule has 7 nitrogen and oxygen atoms in total. The van der Waals surface area contributed by atoms with Gasteiger partial charge in [-0.15, -0.1) is 13.2 Å². The number of ether oxygens (including phenoxy) is 2. The monoisotopic (exact) mass is 549 g/mol. The van der Waals surface area contributed by atoms with E-state index in [1.165, 1.54) is 0 Å². The van der Waals surface area contributed by atoms with Gasteiger partial charge in [0.15, 0.2) is 11.6 Å². The molecule has 12 heteroatoms. The van der Waals surface area contributed by atoms with Gasteiger partial charge in [0.25, 0.3) is 0 Å². The molecule has 0 aliphatic heterocycles. The van der Waals surface area contributed by atoms with Crippen molar-refractivity contribution in [3.8, 4) is 16.9 Å². The molecule has 208 valence electrons. The molecule has 3 N–H and O–H groups in total. The molecule has 4 aromatic rings. The topological polar surface area (TPSA) is 84.1 Å². The number of unbranched alkanes of at least 4 members (excludes halogenated alkanes) is 1. The largest absolute Gasteiger partial charge is 0.573 e. The second-order valence-corrected chi connectivity index (χ2v) is 8.85. The number of aromatic amines is 1. The molecule has 0 amide bonds. The van der Waals surface area contributed by atoms with Gasteiger partial charge in [-0.1, -0.05) is 0 Å². The SMILES string of the molecule is Cc1c(-c2ccncc2)cc(NCCOCCCCNCc2cc(F)c(OC(F)(F)F)c(F)c2)c2cn[nH]c12. The van der Waals surface area contributed by atoms with Crippen molar-refractivity contribution in [3.63, 3.8) is 0 Å². The van der Waals surface area contributed by atoms with E-state index in [9.17, 15) is 22.0 Å². The van der Waals surface area contributed by atoms with E-state index >= 15 is 0 Å². The van der Waals surface area contributed by atoms with Gasteiger partial charge in [0.2, 0.25) is 5.75 Å². The molecule has 0 aliphatic rings. The van der Waals surface area contributed by atoms with Gasteiger partial charge in [0.05, 0.1) is 18.3 Å². The summed E-state index contributed by atoms with van der Waals surface area (Å²) in [5.41, 5.74) is 5.35. The zero-order valence-corrected chi connectivity index (χ0v) is 21.2. The molecule has 0 radical (unpaired) electrons. The lowest BCUT2D eigenvalue weighted by atomic mass is 9.98. The highest BCUT2D eigenvalue weighted by Gasteiger charge is 2.34. The number of nitrogens with zero attached hydrogens (tertiary/aromatic N) is 2. The molecule has 0 unspecified atom stereocenters. The fraction of sp³-hybridized carbons (Fsp3) is 0.333. The van der Waals surface area contributed by atoms with Gasteiger partial charge in [0, 0.05) is 43.2 Å². The summed E-state index contributed by atoms with van der Waals surface area (Å²) in [6, 6.07) is 7.66.